The van der Waals surface area contributed by atoms with Crippen LogP contribution in [-0.4, -0.2) is 32.4 Å². The lowest BCUT2D eigenvalue weighted by Crippen LogP contribution is -2.20. The number of alkyl halides is 3. The first-order valence-corrected chi connectivity index (χ1v) is 9.81. The molecule has 2 aromatic heterocycles. The van der Waals surface area contributed by atoms with Crippen LogP contribution in [0.5, 0.6) is 0 Å². The van der Waals surface area contributed by atoms with E-state index < -0.39 is 12.7 Å². The highest BCUT2D eigenvalue weighted by Gasteiger charge is 2.31. The van der Waals surface area contributed by atoms with Crippen LogP contribution in [0, 0.1) is 0 Å². The van der Waals surface area contributed by atoms with E-state index in [9.17, 15) is 18.0 Å². The Bertz CT molecular complexity index is 946. The van der Waals surface area contributed by atoms with Gasteiger partial charge in [-0.15, -0.1) is 0 Å². The van der Waals surface area contributed by atoms with Gasteiger partial charge >= 0.3 is 6.18 Å². The van der Waals surface area contributed by atoms with E-state index in [0.717, 1.165) is 20.8 Å². The van der Waals surface area contributed by atoms with Crippen molar-refractivity contribution in [3.63, 3.8) is 0 Å². The van der Waals surface area contributed by atoms with E-state index in [1.54, 1.807) is 42.5 Å². The van der Waals surface area contributed by atoms with E-state index in [1.165, 1.54) is 12.4 Å². The van der Waals surface area contributed by atoms with E-state index >= 15 is 0 Å². The molecule has 3 aromatic rings. The number of carbonyl (C=O) groups is 1. The number of aromatic nitrogens is 3. The van der Waals surface area contributed by atoms with Crippen molar-refractivity contribution >= 4 is 39.4 Å². The number of nitrogens with one attached hydrogen (secondary N) is 1. The Hall–Kier alpha value is -2.33. The molecule has 1 aromatic carbocycles. The number of hydrogen-bond donors (Lipinski definition) is 1. The molecule has 3 rings (SSSR count). The molecule has 0 fully saturated rings. The van der Waals surface area contributed by atoms with E-state index in [1.807, 2.05) is 0 Å². The van der Waals surface area contributed by atoms with Crippen molar-refractivity contribution < 1.29 is 18.0 Å². The fourth-order valence-corrected chi connectivity index (χ4v) is 3.42. The van der Waals surface area contributed by atoms with Gasteiger partial charge in [-0.2, -0.15) is 13.2 Å². The molecule has 5 nitrogen and oxygen atoms in total. The van der Waals surface area contributed by atoms with Gasteiger partial charge in [0.25, 0.3) is 0 Å². The minimum atomic E-state index is -4.41. The van der Waals surface area contributed by atoms with Crippen LogP contribution >= 0.6 is 27.7 Å². The van der Waals surface area contributed by atoms with Crippen LogP contribution in [0.3, 0.4) is 0 Å². The summed E-state index contributed by atoms with van der Waals surface area (Å²) in [6.45, 7) is -1.19. The maximum atomic E-state index is 13.1. The molecule has 0 bridgehead atoms. The number of pyridine rings is 1. The lowest BCUT2D eigenvalue weighted by Gasteiger charge is -2.14. The molecule has 0 aliphatic heterocycles. The second-order valence-electron chi connectivity index (χ2n) is 5.69. The number of carbonyl (C=O) groups excluding carboxylic acids is 1. The quantitative estimate of drug-likeness (QED) is 0.515. The van der Waals surface area contributed by atoms with Crippen LogP contribution in [-0.2, 0) is 11.3 Å². The predicted molar refractivity (Wildman–Crippen MR) is 105 cm³/mol. The highest BCUT2D eigenvalue weighted by molar-refractivity contribution is 9.10. The summed E-state index contributed by atoms with van der Waals surface area (Å²) in [4.78, 5) is 20.2. The average Bonchev–Trinajstić information content (AvgIpc) is 3.03. The Kier molecular flexibility index (Phi) is 6.40. The largest absolute Gasteiger partial charge is 0.406 e. The van der Waals surface area contributed by atoms with Crippen LogP contribution in [0.1, 0.15) is 0 Å². The minimum Gasteiger partial charge on any atom is -0.310 e. The summed E-state index contributed by atoms with van der Waals surface area (Å²) < 4.78 is 41.0. The Balaban J connectivity index is 1.75. The molecule has 146 valence electrons. The van der Waals surface area contributed by atoms with Crippen molar-refractivity contribution in [1.29, 1.82) is 0 Å². The van der Waals surface area contributed by atoms with E-state index in [2.05, 4.69) is 31.2 Å². The molecule has 0 saturated heterocycles. The van der Waals surface area contributed by atoms with Gasteiger partial charge in [0.05, 0.1) is 17.6 Å². The molecule has 0 atom stereocenters. The summed E-state index contributed by atoms with van der Waals surface area (Å²) in [6, 6.07) is 12.0. The third kappa shape index (κ3) is 5.59. The summed E-state index contributed by atoms with van der Waals surface area (Å²) in [5.41, 5.74) is 0.963. The van der Waals surface area contributed by atoms with Gasteiger partial charge in [-0.3, -0.25) is 4.79 Å². The number of nitrogens with zero attached hydrogens (tertiary/aromatic N) is 3. The van der Waals surface area contributed by atoms with Crippen molar-refractivity contribution in [3.05, 3.63) is 59.3 Å². The Labute approximate surface area is 171 Å². The maximum Gasteiger partial charge on any atom is 0.406 e. The zero-order valence-electron chi connectivity index (χ0n) is 14.3. The number of rotatable bonds is 6. The number of thioether (sulfide) groups is 1. The Morgan fingerprint density at radius 3 is 2.50 bits per heavy atom. The molecule has 2 heterocycles. The molecule has 0 unspecified atom stereocenters. The fourth-order valence-electron chi connectivity index (χ4n) is 2.40. The fraction of sp³-hybridized carbons (Fsp3) is 0.167. The van der Waals surface area contributed by atoms with Gasteiger partial charge in [-0.1, -0.05) is 42.1 Å². The van der Waals surface area contributed by atoms with E-state index in [4.69, 9.17) is 0 Å². The van der Waals surface area contributed by atoms with Crippen molar-refractivity contribution in [2.75, 3.05) is 11.1 Å². The summed E-state index contributed by atoms with van der Waals surface area (Å²) in [6.07, 6.45) is -1.49. The topological polar surface area (TPSA) is 59.8 Å². The minimum absolute atomic E-state index is 0.0964. The highest BCUT2D eigenvalue weighted by Crippen LogP contribution is 2.30. The van der Waals surface area contributed by atoms with Gasteiger partial charge in [-0.05, 0) is 33.6 Å². The van der Waals surface area contributed by atoms with Gasteiger partial charge in [0.2, 0.25) is 5.91 Å². The van der Waals surface area contributed by atoms with Gasteiger partial charge < -0.3 is 9.88 Å². The number of halogens is 4. The molecule has 0 aliphatic rings. The molecular formula is C18H14BrF3N4OS. The van der Waals surface area contributed by atoms with Gasteiger partial charge in [-0.25, -0.2) is 9.97 Å². The molecule has 0 spiro atoms. The lowest BCUT2D eigenvalue weighted by atomic mass is 10.2. The second-order valence-corrected chi connectivity index (χ2v) is 7.55. The molecule has 28 heavy (non-hydrogen) atoms. The van der Waals surface area contributed by atoms with Crippen molar-refractivity contribution in [1.82, 2.24) is 14.5 Å². The summed E-state index contributed by atoms with van der Waals surface area (Å²) in [7, 11) is 0. The molecule has 0 radical (unpaired) electrons. The number of anilines is 1. The van der Waals surface area contributed by atoms with Crippen LogP contribution in [0.4, 0.5) is 19.0 Å². The van der Waals surface area contributed by atoms with E-state index in [0.29, 0.717) is 17.1 Å². The first kappa shape index (κ1) is 20.4. The normalized spacial score (nSPS) is 11.4. The summed E-state index contributed by atoms with van der Waals surface area (Å²) >= 11 is 4.18. The number of hydrogen-bond acceptors (Lipinski definition) is 4. The molecule has 1 N–H and O–H groups in total. The molecule has 1 amide bonds. The zero-order chi connectivity index (χ0) is 20.1. The van der Waals surface area contributed by atoms with Crippen LogP contribution in [0.25, 0.3) is 11.3 Å². The lowest BCUT2D eigenvalue weighted by molar-refractivity contribution is -0.141. The van der Waals surface area contributed by atoms with Gasteiger partial charge in [0, 0.05) is 10.7 Å². The Morgan fingerprint density at radius 2 is 1.86 bits per heavy atom. The predicted octanol–water partition coefficient (Wildman–Crippen LogP) is 5.00. The van der Waals surface area contributed by atoms with Crippen molar-refractivity contribution in [2.45, 2.75) is 17.9 Å². The standard InChI is InChI=1S/C18H14BrF3N4OS/c19-13-6-7-15(23-8-13)25-16(27)10-28-17-24-9-14(12-4-2-1-3-5-12)26(17)11-18(20,21)22/h1-9H,10-11H2,(H,23,25,27). The van der Waals surface area contributed by atoms with Crippen LogP contribution in [0.15, 0.2) is 64.5 Å². The first-order chi connectivity index (χ1) is 13.3. The van der Waals surface area contributed by atoms with Crippen molar-refractivity contribution in [3.8, 4) is 11.3 Å². The third-order valence-electron chi connectivity index (χ3n) is 3.55. The number of imidazole rings is 1. The third-order valence-corrected chi connectivity index (χ3v) is 5.01. The zero-order valence-corrected chi connectivity index (χ0v) is 16.7. The molecule has 0 aliphatic carbocycles. The maximum absolute atomic E-state index is 13.1. The van der Waals surface area contributed by atoms with E-state index in [-0.39, 0.29) is 16.8 Å². The number of amides is 1. The van der Waals surface area contributed by atoms with Gasteiger partial charge in [0.15, 0.2) is 5.16 Å². The molecular weight excluding hydrogens is 457 g/mol. The second kappa shape index (κ2) is 8.78. The van der Waals surface area contributed by atoms with Crippen LogP contribution in [0.2, 0.25) is 0 Å². The average molecular weight is 471 g/mol. The number of benzene rings is 1. The smallest absolute Gasteiger partial charge is 0.310 e. The summed E-state index contributed by atoms with van der Waals surface area (Å²) in [5, 5.41) is 2.72. The SMILES string of the molecule is O=C(CSc1ncc(-c2ccccc2)n1CC(F)(F)F)Nc1ccc(Br)cn1. The van der Waals surface area contributed by atoms with Crippen molar-refractivity contribution in [2.24, 2.45) is 0 Å². The monoisotopic (exact) mass is 470 g/mol. The van der Waals surface area contributed by atoms with Gasteiger partial charge in [0.1, 0.15) is 12.4 Å². The first-order valence-electron chi connectivity index (χ1n) is 8.04. The summed E-state index contributed by atoms with van der Waals surface area (Å²) in [5.74, 6) is -0.124. The molecule has 10 heteroatoms. The highest BCUT2D eigenvalue weighted by atomic mass is 79.9. The molecule has 0 saturated carbocycles. The van der Waals surface area contributed by atoms with Crippen LogP contribution < -0.4 is 5.32 Å². The Morgan fingerprint density at radius 1 is 1.11 bits per heavy atom.